The number of halogens is 1. The van der Waals surface area contributed by atoms with E-state index in [1.54, 1.807) is 18.2 Å². The van der Waals surface area contributed by atoms with E-state index in [2.05, 4.69) is 20.5 Å². The Hall–Kier alpha value is -3.62. The number of fused-ring (bicyclic) bond motifs is 1. The quantitative estimate of drug-likeness (QED) is 0.506. The normalized spacial score (nSPS) is 12.0. The van der Waals surface area contributed by atoms with Crippen LogP contribution in [0.4, 0.5) is 10.1 Å². The van der Waals surface area contributed by atoms with E-state index in [9.17, 15) is 9.18 Å². The maximum atomic E-state index is 14.6. The van der Waals surface area contributed by atoms with Gasteiger partial charge in [-0.1, -0.05) is 13.8 Å². The Bertz CT molecular complexity index is 1300. The first kappa shape index (κ1) is 21.6. The highest BCUT2D eigenvalue weighted by molar-refractivity contribution is 6.12. The van der Waals surface area contributed by atoms with Crippen molar-refractivity contribution in [2.45, 2.75) is 53.0 Å². The highest BCUT2D eigenvalue weighted by atomic mass is 19.1. The molecule has 166 valence electrons. The number of hydrogen-bond acceptors (Lipinski definition) is 5. The Morgan fingerprint density at radius 2 is 1.94 bits per heavy atom. The van der Waals surface area contributed by atoms with E-state index in [4.69, 9.17) is 4.98 Å². The summed E-state index contributed by atoms with van der Waals surface area (Å²) in [5.41, 5.74) is 2.93. The van der Waals surface area contributed by atoms with Crippen molar-refractivity contribution in [1.82, 2.24) is 29.5 Å². The number of carbonyl (C=O) groups excluding carboxylic acids is 1. The first-order valence-electron chi connectivity index (χ1n) is 10.4. The van der Waals surface area contributed by atoms with E-state index in [1.807, 2.05) is 46.2 Å². The molecule has 1 aromatic carbocycles. The third-order valence-corrected chi connectivity index (χ3v) is 5.18. The van der Waals surface area contributed by atoms with Crippen LogP contribution >= 0.6 is 0 Å². The maximum absolute atomic E-state index is 14.6. The minimum Gasteiger partial charge on any atom is -0.322 e. The lowest BCUT2D eigenvalue weighted by Gasteiger charge is -2.20. The number of aromatic nitrogens is 6. The van der Waals surface area contributed by atoms with Gasteiger partial charge in [0.05, 0.1) is 22.2 Å². The molecule has 0 aliphatic heterocycles. The van der Waals surface area contributed by atoms with Crippen LogP contribution in [0.3, 0.4) is 0 Å². The lowest BCUT2D eigenvalue weighted by atomic mass is 10.0. The largest absolute Gasteiger partial charge is 0.322 e. The van der Waals surface area contributed by atoms with E-state index < -0.39 is 5.82 Å². The third kappa shape index (κ3) is 3.86. The summed E-state index contributed by atoms with van der Waals surface area (Å²) < 4.78 is 17.8. The number of anilines is 1. The van der Waals surface area contributed by atoms with E-state index >= 15 is 0 Å². The highest BCUT2D eigenvalue weighted by Crippen LogP contribution is 2.29. The van der Waals surface area contributed by atoms with Crippen molar-refractivity contribution >= 4 is 22.6 Å². The minimum absolute atomic E-state index is 0.119. The standard InChI is InChI=1S/C23H26FN7O/c1-13(2)18-10-16(20-14(3)29-31(21(20)28-18)23(4,5)6)22(32)27-15-7-8-19(17(24)9-15)30-12-25-11-26-30/h7-13H,1-6H3,(H,27,32). The number of nitrogens with zero attached hydrogens (tertiary/aromatic N) is 6. The minimum atomic E-state index is -0.521. The molecule has 0 aliphatic carbocycles. The molecule has 3 heterocycles. The van der Waals surface area contributed by atoms with Crippen LogP contribution in [-0.2, 0) is 5.54 Å². The molecule has 0 bridgehead atoms. The number of rotatable bonds is 4. The zero-order valence-electron chi connectivity index (χ0n) is 19.0. The molecule has 3 aromatic heterocycles. The van der Waals surface area contributed by atoms with Crippen LogP contribution < -0.4 is 5.32 Å². The van der Waals surface area contributed by atoms with Gasteiger partial charge in [0.15, 0.2) is 11.5 Å². The van der Waals surface area contributed by atoms with Gasteiger partial charge in [-0.2, -0.15) is 10.2 Å². The summed E-state index contributed by atoms with van der Waals surface area (Å²) in [5, 5.41) is 12.1. The maximum Gasteiger partial charge on any atom is 0.256 e. The van der Waals surface area contributed by atoms with E-state index in [0.717, 1.165) is 11.4 Å². The molecule has 0 unspecified atom stereocenters. The Morgan fingerprint density at radius 3 is 2.53 bits per heavy atom. The van der Waals surface area contributed by atoms with Crippen molar-refractivity contribution in [2.75, 3.05) is 5.32 Å². The topological polar surface area (TPSA) is 90.5 Å². The molecule has 0 aliphatic rings. The van der Waals surface area contributed by atoms with Crippen molar-refractivity contribution < 1.29 is 9.18 Å². The lowest BCUT2D eigenvalue weighted by molar-refractivity contribution is 0.102. The molecule has 1 amide bonds. The molecular formula is C23H26FN7O. The summed E-state index contributed by atoms with van der Waals surface area (Å²) in [6.45, 7) is 12.0. The van der Waals surface area contributed by atoms with Crippen LogP contribution in [0.1, 0.15) is 62.3 Å². The van der Waals surface area contributed by atoms with Crippen molar-refractivity contribution in [3.8, 4) is 5.69 Å². The van der Waals surface area contributed by atoms with Gasteiger partial charge >= 0.3 is 0 Å². The van der Waals surface area contributed by atoms with Crippen LogP contribution in [-0.4, -0.2) is 35.4 Å². The van der Waals surface area contributed by atoms with Gasteiger partial charge in [0, 0.05) is 11.4 Å². The monoisotopic (exact) mass is 435 g/mol. The van der Waals surface area contributed by atoms with Crippen molar-refractivity contribution in [3.05, 3.63) is 59.7 Å². The van der Waals surface area contributed by atoms with E-state index in [-0.39, 0.29) is 23.1 Å². The van der Waals surface area contributed by atoms with Gasteiger partial charge in [-0.15, -0.1) is 0 Å². The molecule has 0 radical (unpaired) electrons. The number of aryl methyl sites for hydroxylation is 1. The zero-order chi connectivity index (χ0) is 23.2. The smallest absolute Gasteiger partial charge is 0.256 e. The SMILES string of the molecule is Cc1nn(C(C)(C)C)c2nc(C(C)C)cc(C(=O)Nc3ccc(-n4cncn4)c(F)c3)c12. The molecule has 1 N–H and O–H groups in total. The van der Waals surface area contributed by atoms with Gasteiger partial charge in [-0.3, -0.25) is 4.79 Å². The molecule has 8 nitrogen and oxygen atoms in total. The predicted molar refractivity (Wildman–Crippen MR) is 121 cm³/mol. The Balaban J connectivity index is 1.77. The Morgan fingerprint density at radius 1 is 1.19 bits per heavy atom. The summed E-state index contributed by atoms with van der Waals surface area (Å²) >= 11 is 0. The van der Waals surface area contributed by atoms with Crippen LogP contribution in [0, 0.1) is 12.7 Å². The fraction of sp³-hybridized carbons (Fsp3) is 0.348. The third-order valence-electron chi connectivity index (χ3n) is 5.18. The van der Waals surface area contributed by atoms with Crippen molar-refractivity contribution in [3.63, 3.8) is 0 Å². The Labute approximate surface area is 185 Å². The fourth-order valence-corrected chi connectivity index (χ4v) is 3.55. The predicted octanol–water partition coefficient (Wildman–Crippen LogP) is 4.59. The molecule has 32 heavy (non-hydrogen) atoms. The van der Waals surface area contributed by atoms with E-state index in [0.29, 0.717) is 22.3 Å². The highest BCUT2D eigenvalue weighted by Gasteiger charge is 2.25. The zero-order valence-corrected chi connectivity index (χ0v) is 19.0. The molecular weight excluding hydrogens is 409 g/mol. The summed E-state index contributed by atoms with van der Waals surface area (Å²) in [6, 6.07) is 6.24. The molecule has 0 fully saturated rings. The van der Waals surface area contributed by atoms with Gasteiger partial charge in [0.25, 0.3) is 5.91 Å². The molecule has 4 rings (SSSR count). The van der Waals surface area contributed by atoms with Crippen LogP contribution in [0.25, 0.3) is 16.7 Å². The van der Waals surface area contributed by atoms with E-state index in [1.165, 1.54) is 23.4 Å². The first-order valence-corrected chi connectivity index (χ1v) is 10.4. The lowest BCUT2D eigenvalue weighted by Crippen LogP contribution is -2.24. The number of amides is 1. The van der Waals surface area contributed by atoms with Crippen LogP contribution in [0.15, 0.2) is 36.9 Å². The summed E-state index contributed by atoms with van der Waals surface area (Å²) in [6.07, 6.45) is 2.74. The van der Waals surface area contributed by atoms with Gasteiger partial charge in [-0.25, -0.2) is 23.7 Å². The van der Waals surface area contributed by atoms with Gasteiger partial charge in [0.2, 0.25) is 0 Å². The number of nitrogens with one attached hydrogen (secondary N) is 1. The Kier molecular flexibility index (Phi) is 5.28. The summed E-state index contributed by atoms with van der Waals surface area (Å²) in [7, 11) is 0. The van der Waals surface area contributed by atoms with Gasteiger partial charge in [0.1, 0.15) is 18.3 Å². The second kappa shape index (κ2) is 7.81. The number of hydrogen-bond donors (Lipinski definition) is 1. The summed E-state index contributed by atoms with van der Waals surface area (Å²) in [5.74, 6) is -0.745. The van der Waals surface area contributed by atoms with Gasteiger partial charge < -0.3 is 5.32 Å². The molecule has 0 saturated heterocycles. The van der Waals surface area contributed by atoms with Crippen molar-refractivity contribution in [2.24, 2.45) is 0 Å². The molecule has 0 saturated carbocycles. The molecule has 9 heteroatoms. The molecule has 0 atom stereocenters. The summed E-state index contributed by atoms with van der Waals surface area (Å²) in [4.78, 5) is 22.0. The molecule has 4 aromatic rings. The van der Waals surface area contributed by atoms with Crippen LogP contribution in [0.2, 0.25) is 0 Å². The first-order chi connectivity index (χ1) is 15.1. The average Bonchev–Trinajstić information content (AvgIpc) is 3.35. The number of benzene rings is 1. The van der Waals surface area contributed by atoms with Gasteiger partial charge in [-0.05, 0) is 57.9 Å². The number of pyridine rings is 1. The van der Waals surface area contributed by atoms with Crippen molar-refractivity contribution in [1.29, 1.82) is 0 Å². The fourth-order valence-electron chi connectivity index (χ4n) is 3.55. The molecule has 0 spiro atoms. The average molecular weight is 436 g/mol. The second-order valence-electron chi connectivity index (χ2n) is 9.08. The second-order valence-corrected chi connectivity index (χ2v) is 9.08. The van der Waals surface area contributed by atoms with Crippen LogP contribution in [0.5, 0.6) is 0 Å². The number of carbonyl (C=O) groups is 1.